The Bertz CT molecular complexity index is 1090. The summed E-state index contributed by atoms with van der Waals surface area (Å²) in [6, 6.07) is 12.1. The predicted molar refractivity (Wildman–Crippen MR) is 124 cm³/mol. The maximum Gasteiger partial charge on any atom is 0.246 e. The van der Waals surface area contributed by atoms with Crippen LogP contribution in [0.25, 0.3) is 5.69 Å². The van der Waals surface area contributed by atoms with Crippen molar-refractivity contribution < 1.29 is 9.13 Å². The standard InChI is InChI=1S/C24H29FN6O/c1-3-18-11-19(13-21(12-18)29-6-8-30(9-7-29)22-14-32-15-22)27-24-26-16-31(28-24)20-4-5-23(25)17(2)10-20/h4-5,10-13,16,22H,3,6-9,14-15H2,1-2H3,(H,27,28). The van der Waals surface area contributed by atoms with Crippen molar-refractivity contribution in [2.45, 2.75) is 26.3 Å². The molecule has 2 fully saturated rings. The van der Waals surface area contributed by atoms with Crippen LogP contribution in [0.5, 0.6) is 0 Å². The van der Waals surface area contributed by atoms with Crippen molar-refractivity contribution in [1.82, 2.24) is 19.7 Å². The normalized spacial score (nSPS) is 17.4. The molecule has 3 heterocycles. The second kappa shape index (κ2) is 8.88. The molecule has 0 bridgehead atoms. The zero-order valence-corrected chi connectivity index (χ0v) is 18.6. The van der Waals surface area contributed by atoms with Crippen molar-refractivity contribution in [3.8, 4) is 5.69 Å². The molecule has 0 amide bonds. The van der Waals surface area contributed by atoms with Gasteiger partial charge in [-0.25, -0.2) is 9.07 Å². The maximum atomic E-state index is 13.6. The van der Waals surface area contributed by atoms with Crippen LogP contribution >= 0.6 is 0 Å². The molecule has 1 N–H and O–H groups in total. The van der Waals surface area contributed by atoms with Crippen LogP contribution in [0.15, 0.2) is 42.7 Å². The third kappa shape index (κ3) is 4.33. The van der Waals surface area contributed by atoms with E-state index < -0.39 is 0 Å². The van der Waals surface area contributed by atoms with Crippen LogP contribution in [-0.2, 0) is 11.2 Å². The smallest absolute Gasteiger partial charge is 0.246 e. The van der Waals surface area contributed by atoms with Gasteiger partial charge in [0.25, 0.3) is 0 Å². The number of rotatable bonds is 6. The van der Waals surface area contributed by atoms with Gasteiger partial charge in [-0.1, -0.05) is 6.92 Å². The molecule has 0 unspecified atom stereocenters. The van der Waals surface area contributed by atoms with Gasteiger partial charge in [-0.15, -0.1) is 5.10 Å². The summed E-state index contributed by atoms with van der Waals surface area (Å²) in [7, 11) is 0. The van der Waals surface area contributed by atoms with E-state index in [4.69, 9.17) is 4.74 Å². The first-order valence-corrected chi connectivity index (χ1v) is 11.2. The Labute approximate surface area is 187 Å². The van der Waals surface area contributed by atoms with E-state index in [-0.39, 0.29) is 5.82 Å². The molecule has 2 aliphatic heterocycles. The number of ether oxygens (including phenoxy) is 1. The number of anilines is 3. The van der Waals surface area contributed by atoms with Crippen LogP contribution in [0, 0.1) is 12.7 Å². The van der Waals surface area contributed by atoms with Crippen molar-refractivity contribution in [3.63, 3.8) is 0 Å². The summed E-state index contributed by atoms with van der Waals surface area (Å²) in [5, 5.41) is 7.88. The van der Waals surface area contributed by atoms with Gasteiger partial charge in [-0.2, -0.15) is 4.98 Å². The zero-order valence-electron chi connectivity index (χ0n) is 18.6. The Morgan fingerprint density at radius 2 is 1.88 bits per heavy atom. The molecule has 0 saturated carbocycles. The summed E-state index contributed by atoms with van der Waals surface area (Å²) in [6.07, 6.45) is 2.60. The summed E-state index contributed by atoms with van der Waals surface area (Å²) >= 11 is 0. The fourth-order valence-electron chi connectivity index (χ4n) is 4.26. The molecule has 0 atom stereocenters. The average Bonchev–Trinajstić information content (AvgIpc) is 3.23. The molecule has 0 radical (unpaired) electrons. The minimum absolute atomic E-state index is 0.224. The lowest BCUT2D eigenvalue weighted by molar-refractivity contribution is -0.0660. The maximum absolute atomic E-state index is 13.6. The summed E-state index contributed by atoms with van der Waals surface area (Å²) in [4.78, 5) is 9.39. The second-order valence-electron chi connectivity index (χ2n) is 8.53. The molecule has 168 valence electrons. The molecule has 5 rings (SSSR count). The zero-order chi connectivity index (χ0) is 22.1. The van der Waals surface area contributed by atoms with Gasteiger partial charge in [0.2, 0.25) is 5.95 Å². The Morgan fingerprint density at radius 1 is 1.06 bits per heavy atom. The molecule has 2 aliphatic rings. The van der Waals surface area contributed by atoms with Gasteiger partial charge in [-0.3, -0.25) is 4.90 Å². The lowest BCUT2D eigenvalue weighted by Gasteiger charge is -2.43. The monoisotopic (exact) mass is 436 g/mol. The number of aromatic nitrogens is 3. The molecule has 2 saturated heterocycles. The highest BCUT2D eigenvalue weighted by molar-refractivity contribution is 5.64. The van der Waals surface area contributed by atoms with E-state index in [1.807, 2.05) is 0 Å². The molecule has 3 aromatic rings. The molecule has 2 aromatic carbocycles. The number of hydrogen-bond acceptors (Lipinski definition) is 6. The number of benzene rings is 2. The van der Waals surface area contributed by atoms with Crippen LogP contribution in [0.2, 0.25) is 0 Å². The van der Waals surface area contributed by atoms with Gasteiger partial charge in [-0.05, 0) is 60.9 Å². The molecular formula is C24H29FN6O. The molecule has 0 spiro atoms. The van der Waals surface area contributed by atoms with Gasteiger partial charge in [0.05, 0.1) is 24.9 Å². The van der Waals surface area contributed by atoms with Crippen LogP contribution in [0.3, 0.4) is 0 Å². The van der Waals surface area contributed by atoms with Crippen LogP contribution < -0.4 is 10.2 Å². The fraction of sp³-hybridized carbons (Fsp3) is 0.417. The van der Waals surface area contributed by atoms with Crippen molar-refractivity contribution in [2.24, 2.45) is 0 Å². The largest absolute Gasteiger partial charge is 0.378 e. The van der Waals surface area contributed by atoms with E-state index in [0.29, 0.717) is 17.6 Å². The quantitative estimate of drug-likeness (QED) is 0.638. The van der Waals surface area contributed by atoms with Crippen molar-refractivity contribution in [1.29, 1.82) is 0 Å². The van der Waals surface area contributed by atoms with Crippen LogP contribution in [-0.4, -0.2) is 65.1 Å². The summed E-state index contributed by atoms with van der Waals surface area (Å²) in [5.74, 6) is 0.291. The van der Waals surface area contributed by atoms with Crippen molar-refractivity contribution in [3.05, 3.63) is 59.7 Å². The van der Waals surface area contributed by atoms with E-state index in [1.165, 1.54) is 17.3 Å². The van der Waals surface area contributed by atoms with Gasteiger partial charge < -0.3 is 15.0 Å². The van der Waals surface area contributed by atoms with Gasteiger partial charge in [0.1, 0.15) is 12.1 Å². The number of nitrogens with one attached hydrogen (secondary N) is 1. The van der Waals surface area contributed by atoms with E-state index in [2.05, 4.69) is 50.3 Å². The summed E-state index contributed by atoms with van der Waals surface area (Å²) in [6.45, 7) is 9.81. The van der Waals surface area contributed by atoms with Crippen LogP contribution in [0.4, 0.5) is 21.7 Å². The lowest BCUT2D eigenvalue weighted by Crippen LogP contribution is -2.56. The van der Waals surface area contributed by atoms with Crippen LogP contribution in [0.1, 0.15) is 18.1 Å². The number of halogens is 1. The number of hydrogen-bond donors (Lipinski definition) is 1. The van der Waals surface area contributed by atoms with Crippen molar-refractivity contribution >= 4 is 17.3 Å². The minimum atomic E-state index is -0.224. The third-order valence-corrected chi connectivity index (χ3v) is 6.36. The molecule has 7 nitrogen and oxygen atoms in total. The SMILES string of the molecule is CCc1cc(Nc2ncn(-c3ccc(F)c(C)c3)n2)cc(N2CCN(C3COC3)CC2)c1. The highest BCUT2D eigenvalue weighted by atomic mass is 19.1. The minimum Gasteiger partial charge on any atom is -0.378 e. The molecule has 8 heteroatoms. The first-order chi connectivity index (χ1) is 15.6. The Kier molecular flexibility index (Phi) is 5.80. The third-order valence-electron chi connectivity index (χ3n) is 6.36. The Hall–Kier alpha value is -2.97. The van der Waals surface area contributed by atoms with Gasteiger partial charge in [0.15, 0.2) is 0 Å². The first kappa shape index (κ1) is 20.9. The van der Waals surface area contributed by atoms with E-state index in [9.17, 15) is 4.39 Å². The Morgan fingerprint density at radius 3 is 2.56 bits per heavy atom. The molecular weight excluding hydrogens is 407 g/mol. The lowest BCUT2D eigenvalue weighted by atomic mass is 10.1. The average molecular weight is 437 g/mol. The highest BCUT2D eigenvalue weighted by Gasteiger charge is 2.29. The van der Waals surface area contributed by atoms with Gasteiger partial charge in [0, 0.05) is 37.6 Å². The number of piperazine rings is 1. The molecule has 0 aliphatic carbocycles. The Balaban J connectivity index is 1.31. The molecule has 32 heavy (non-hydrogen) atoms. The summed E-state index contributed by atoms with van der Waals surface area (Å²) < 4.78 is 20.6. The van der Waals surface area contributed by atoms with Crippen molar-refractivity contribution in [2.75, 3.05) is 49.6 Å². The fourth-order valence-corrected chi connectivity index (χ4v) is 4.26. The molecule has 1 aromatic heterocycles. The predicted octanol–water partition coefficient (Wildman–Crippen LogP) is 3.54. The van der Waals surface area contributed by atoms with E-state index in [0.717, 1.165) is 57.2 Å². The first-order valence-electron chi connectivity index (χ1n) is 11.2. The topological polar surface area (TPSA) is 58.5 Å². The highest BCUT2D eigenvalue weighted by Crippen LogP contribution is 2.27. The van der Waals surface area contributed by atoms with Gasteiger partial charge >= 0.3 is 0 Å². The number of aryl methyl sites for hydroxylation is 2. The van der Waals surface area contributed by atoms with E-state index >= 15 is 0 Å². The summed E-state index contributed by atoms with van der Waals surface area (Å²) in [5.41, 5.74) is 4.83. The second-order valence-corrected chi connectivity index (χ2v) is 8.53. The van der Waals surface area contributed by atoms with E-state index in [1.54, 1.807) is 30.1 Å². The number of nitrogens with zero attached hydrogens (tertiary/aromatic N) is 5.